The van der Waals surface area contributed by atoms with E-state index in [1.165, 1.54) is 32.1 Å². The molecule has 2 nitrogen and oxygen atoms in total. The predicted octanol–water partition coefficient (Wildman–Crippen LogP) is 4.15. The summed E-state index contributed by atoms with van der Waals surface area (Å²) < 4.78 is 0. The summed E-state index contributed by atoms with van der Waals surface area (Å²) in [7, 11) is 0. The van der Waals surface area contributed by atoms with E-state index in [0.717, 1.165) is 23.0 Å². The van der Waals surface area contributed by atoms with Crippen molar-refractivity contribution in [2.75, 3.05) is 0 Å². The standard InChI is InChI=1S/C20H30O2/c1-13-6-9-18-15(5-4-10-20(13,18)3)7-8-16-11-17(21)12-19(22)14(16)2/h7-8,13,17-19,21-22H,2,4-6,9-12H2,1,3H3/b15-7+,16-8-/t13-,17?,18?,19?,20+/m0/s1. The van der Waals surface area contributed by atoms with Gasteiger partial charge in [0.2, 0.25) is 0 Å². The van der Waals surface area contributed by atoms with E-state index in [2.05, 4.69) is 32.6 Å². The Morgan fingerprint density at radius 1 is 1.23 bits per heavy atom. The molecular formula is C20H30O2. The molecule has 3 aliphatic rings. The second-order valence-corrected chi connectivity index (χ2v) is 7.96. The maximum Gasteiger partial charge on any atom is 0.0811 e. The lowest BCUT2D eigenvalue weighted by atomic mass is 9.64. The molecule has 3 saturated carbocycles. The molecule has 0 spiro atoms. The first kappa shape index (κ1) is 16.0. The van der Waals surface area contributed by atoms with Crippen LogP contribution in [0.4, 0.5) is 0 Å². The Hall–Kier alpha value is -0.860. The molecule has 0 aromatic heterocycles. The van der Waals surface area contributed by atoms with Gasteiger partial charge in [0.05, 0.1) is 12.2 Å². The van der Waals surface area contributed by atoms with E-state index in [1.807, 2.05) is 0 Å². The van der Waals surface area contributed by atoms with Crippen molar-refractivity contribution in [2.45, 2.75) is 71.0 Å². The van der Waals surface area contributed by atoms with Crippen LogP contribution in [0.3, 0.4) is 0 Å². The van der Waals surface area contributed by atoms with Gasteiger partial charge in [-0.1, -0.05) is 38.2 Å². The van der Waals surface area contributed by atoms with Crippen LogP contribution < -0.4 is 0 Å². The van der Waals surface area contributed by atoms with Gasteiger partial charge in [-0.3, -0.25) is 0 Å². The minimum Gasteiger partial charge on any atom is -0.393 e. The third-order valence-electron chi connectivity index (χ3n) is 6.70. The summed E-state index contributed by atoms with van der Waals surface area (Å²) in [5.74, 6) is 1.54. The second-order valence-electron chi connectivity index (χ2n) is 7.96. The molecule has 3 rings (SSSR count). The highest BCUT2D eigenvalue weighted by atomic mass is 16.3. The van der Waals surface area contributed by atoms with Crippen molar-refractivity contribution >= 4 is 0 Å². The Morgan fingerprint density at radius 2 is 2.00 bits per heavy atom. The average Bonchev–Trinajstić information content (AvgIpc) is 2.77. The summed E-state index contributed by atoms with van der Waals surface area (Å²) >= 11 is 0. The SMILES string of the molecule is C=C1/C(=C\C=C2/CCC[C@@]3(C)C2CC[C@@H]3C)CC(O)CC1O. The Bertz CT molecular complexity index is 516. The van der Waals surface area contributed by atoms with Crippen molar-refractivity contribution in [1.29, 1.82) is 0 Å². The summed E-state index contributed by atoms with van der Waals surface area (Å²) in [5.41, 5.74) is 3.87. The quantitative estimate of drug-likeness (QED) is 0.764. The fraction of sp³-hybridized carbons (Fsp3) is 0.700. The summed E-state index contributed by atoms with van der Waals surface area (Å²) in [4.78, 5) is 0. The zero-order chi connectivity index (χ0) is 15.9. The van der Waals surface area contributed by atoms with Gasteiger partial charge in [0.25, 0.3) is 0 Å². The molecule has 0 saturated heterocycles. The molecule has 3 fully saturated rings. The maximum absolute atomic E-state index is 9.96. The van der Waals surface area contributed by atoms with Crippen LogP contribution in [-0.2, 0) is 0 Å². The predicted molar refractivity (Wildman–Crippen MR) is 90.4 cm³/mol. The lowest BCUT2D eigenvalue weighted by Crippen LogP contribution is -2.32. The molecule has 0 aliphatic heterocycles. The molecular weight excluding hydrogens is 272 g/mol. The summed E-state index contributed by atoms with van der Waals surface area (Å²) in [5, 5.41) is 19.8. The Labute approximate surface area is 134 Å². The Kier molecular flexibility index (Phi) is 4.35. The first-order valence-electron chi connectivity index (χ1n) is 8.86. The third kappa shape index (κ3) is 2.72. The Balaban J connectivity index is 1.82. The number of aliphatic hydroxyl groups excluding tert-OH is 2. The summed E-state index contributed by atoms with van der Waals surface area (Å²) in [6, 6.07) is 0. The zero-order valence-corrected chi connectivity index (χ0v) is 14.0. The smallest absolute Gasteiger partial charge is 0.0811 e. The molecule has 22 heavy (non-hydrogen) atoms. The van der Waals surface area contributed by atoms with Gasteiger partial charge in [0.15, 0.2) is 0 Å². The first-order valence-corrected chi connectivity index (χ1v) is 8.86. The Morgan fingerprint density at radius 3 is 2.77 bits per heavy atom. The summed E-state index contributed by atoms with van der Waals surface area (Å²) in [6.07, 6.45) is 10.9. The van der Waals surface area contributed by atoms with E-state index >= 15 is 0 Å². The average molecular weight is 302 g/mol. The van der Waals surface area contributed by atoms with E-state index < -0.39 is 12.2 Å². The van der Waals surface area contributed by atoms with E-state index in [1.54, 1.807) is 5.57 Å². The van der Waals surface area contributed by atoms with Gasteiger partial charge in [0, 0.05) is 6.42 Å². The molecule has 0 aromatic rings. The van der Waals surface area contributed by atoms with E-state index in [4.69, 9.17) is 0 Å². The molecule has 3 aliphatic carbocycles. The fourth-order valence-electron chi connectivity index (χ4n) is 4.96. The van der Waals surface area contributed by atoms with Crippen molar-refractivity contribution in [2.24, 2.45) is 17.3 Å². The maximum atomic E-state index is 9.96. The normalized spacial score (nSPS) is 46.3. The molecule has 0 aromatic carbocycles. The molecule has 122 valence electrons. The molecule has 5 atom stereocenters. The molecule has 0 bridgehead atoms. The minimum absolute atomic E-state index is 0.422. The van der Waals surface area contributed by atoms with Crippen LogP contribution in [0.2, 0.25) is 0 Å². The second kappa shape index (κ2) is 5.98. The van der Waals surface area contributed by atoms with Crippen molar-refractivity contribution in [3.05, 3.63) is 35.5 Å². The van der Waals surface area contributed by atoms with Crippen LogP contribution in [0.5, 0.6) is 0 Å². The van der Waals surface area contributed by atoms with Crippen LogP contribution in [0.25, 0.3) is 0 Å². The van der Waals surface area contributed by atoms with Crippen molar-refractivity contribution in [3.8, 4) is 0 Å². The van der Waals surface area contributed by atoms with Gasteiger partial charge in [-0.05, 0) is 66.9 Å². The van der Waals surface area contributed by atoms with Crippen LogP contribution in [0.1, 0.15) is 58.8 Å². The summed E-state index contributed by atoms with van der Waals surface area (Å²) in [6.45, 7) is 8.90. The number of fused-ring (bicyclic) bond motifs is 1. The third-order valence-corrected chi connectivity index (χ3v) is 6.70. The molecule has 0 radical (unpaired) electrons. The van der Waals surface area contributed by atoms with Crippen LogP contribution in [0, 0.1) is 17.3 Å². The lowest BCUT2D eigenvalue weighted by molar-refractivity contribution is 0.0862. The molecule has 0 amide bonds. The van der Waals surface area contributed by atoms with Gasteiger partial charge in [-0.25, -0.2) is 0 Å². The van der Waals surface area contributed by atoms with Crippen LogP contribution in [0.15, 0.2) is 35.5 Å². The number of hydrogen-bond donors (Lipinski definition) is 2. The van der Waals surface area contributed by atoms with Crippen molar-refractivity contribution in [1.82, 2.24) is 0 Å². The molecule has 0 heterocycles. The van der Waals surface area contributed by atoms with Crippen LogP contribution >= 0.6 is 0 Å². The van der Waals surface area contributed by atoms with Crippen LogP contribution in [-0.4, -0.2) is 22.4 Å². The van der Waals surface area contributed by atoms with E-state index in [0.29, 0.717) is 18.3 Å². The molecule has 2 N–H and O–H groups in total. The number of allylic oxidation sites excluding steroid dienone is 3. The van der Waals surface area contributed by atoms with Crippen molar-refractivity contribution < 1.29 is 10.2 Å². The number of rotatable bonds is 1. The van der Waals surface area contributed by atoms with Crippen molar-refractivity contribution in [3.63, 3.8) is 0 Å². The first-order chi connectivity index (χ1) is 10.4. The highest BCUT2D eigenvalue weighted by Crippen LogP contribution is 2.57. The van der Waals surface area contributed by atoms with Gasteiger partial charge in [0.1, 0.15) is 0 Å². The van der Waals surface area contributed by atoms with E-state index in [-0.39, 0.29) is 0 Å². The van der Waals surface area contributed by atoms with Gasteiger partial charge in [-0.2, -0.15) is 0 Å². The van der Waals surface area contributed by atoms with Gasteiger partial charge < -0.3 is 10.2 Å². The van der Waals surface area contributed by atoms with E-state index in [9.17, 15) is 10.2 Å². The fourth-order valence-corrected chi connectivity index (χ4v) is 4.96. The molecule has 3 unspecified atom stereocenters. The largest absolute Gasteiger partial charge is 0.393 e. The highest BCUT2D eigenvalue weighted by Gasteiger charge is 2.46. The zero-order valence-electron chi connectivity index (χ0n) is 14.0. The highest BCUT2D eigenvalue weighted by molar-refractivity contribution is 5.38. The topological polar surface area (TPSA) is 40.5 Å². The minimum atomic E-state index is -0.587. The lowest BCUT2D eigenvalue weighted by Gasteiger charge is -2.41. The monoisotopic (exact) mass is 302 g/mol. The van der Waals surface area contributed by atoms with Gasteiger partial charge in [-0.15, -0.1) is 0 Å². The van der Waals surface area contributed by atoms with Gasteiger partial charge >= 0.3 is 0 Å². The molecule has 2 heteroatoms. The number of hydrogen-bond acceptors (Lipinski definition) is 2. The number of aliphatic hydroxyl groups is 2.